The standard InChI is InChI=1S/C13H22O8P2/c1-6-10-18-22(14,16-8-3)20-12-13(5)21-23(15,17-9-4)19-11-7-2/h1-2,13H,8-12H2,3-5H3. The molecule has 0 saturated carbocycles. The number of phosphoric ester groups is 2. The summed E-state index contributed by atoms with van der Waals surface area (Å²) in [6, 6.07) is 0. The average Bonchev–Trinajstić information content (AvgIpc) is 2.50. The molecule has 0 fully saturated rings. The number of hydrogen-bond acceptors (Lipinski definition) is 8. The Bertz CT molecular complexity index is 507. The van der Waals surface area contributed by atoms with Gasteiger partial charge in [-0.1, -0.05) is 11.8 Å². The van der Waals surface area contributed by atoms with Crippen LogP contribution in [0, 0.1) is 24.7 Å². The SMILES string of the molecule is C#CCOP(=O)(OCC)OCC(C)OP(=O)(OCC)OCC#C. The molecule has 0 aliphatic rings. The molecule has 0 saturated heterocycles. The lowest BCUT2D eigenvalue weighted by molar-refractivity contribution is 0.0498. The van der Waals surface area contributed by atoms with Gasteiger partial charge in [0.25, 0.3) is 0 Å². The predicted molar refractivity (Wildman–Crippen MR) is 84.5 cm³/mol. The van der Waals surface area contributed by atoms with Gasteiger partial charge in [0.1, 0.15) is 13.2 Å². The molecule has 0 spiro atoms. The van der Waals surface area contributed by atoms with Crippen LogP contribution in [0.3, 0.4) is 0 Å². The van der Waals surface area contributed by atoms with Gasteiger partial charge in [-0.15, -0.1) is 12.8 Å². The quantitative estimate of drug-likeness (QED) is 0.362. The second-order valence-electron chi connectivity index (χ2n) is 3.90. The maximum Gasteiger partial charge on any atom is 0.476 e. The van der Waals surface area contributed by atoms with E-state index in [4.69, 9.17) is 40.0 Å². The Morgan fingerprint density at radius 2 is 1.35 bits per heavy atom. The molecule has 0 aromatic rings. The van der Waals surface area contributed by atoms with E-state index in [0.29, 0.717) is 0 Å². The molecule has 0 radical (unpaired) electrons. The van der Waals surface area contributed by atoms with Gasteiger partial charge in [0.15, 0.2) is 0 Å². The van der Waals surface area contributed by atoms with Crippen molar-refractivity contribution in [2.24, 2.45) is 0 Å². The van der Waals surface area contributed by atoms with Gasteiger partial charge in [-0.25, -0.2) is 9.13 Å². The predicted octanol–water partition coefficient (Wildman–Crippen LogP) is 3.00. The van der Waals surface area contributed by atoms with Crippen LogP contribution >= 0.6 is 15.6 Å². The molecule has 0 heterocycles. The maximum atomic E-state index is 12.2. The fourth-order valence-corrected chi connectivity index (χ4v) is 3.62. The summed E-state index contributed by atoms with van der Waals surface area (Å²) in [7, 11) is -7.65. The zero-order valence-corrected chi connectivity index (χ0v) is 15.2. The Morgan fingerprint density at radius 1 is 0.870 bits per heavy atom. The summed E-state index contributed by atoms with van der Waals surface area (Å²) in [6.07, 6.45) is 9.28. The molecule has 23 heavy (non-hydrogen) atoms. The van der Waals surface area contributed by atoms with Crippen LogP contribution in [0.1, 0.15) is 20.8 Å². The fourth-order valence-electron chi connectivity index (χ4n) is 1.21. The number of terminal acetylenes is 2. The third-order valence-corrected chi connectivity index (χ3v) is 5.09. The smallest absolute Gasteiger partial charge is 0.287 e. The summed E-state index contributed by atoms with van der Waals surface area (Å²) in [6.45, 7) is 4.21. The Labute approximate surface area is 137 Å². The highest BCUT2D eigenvalue weighted by molar-refractivity contribution is 7.48. The third kappa shape index (κ3) is 9.94. The maximum absolute atomic E-state index is 12.2. The zero-order chi connectivity index (χ0) is 17.8. The van der Waals surface area contributed by atoms with Gasteiger partial charge in [-0.2, -0.15) is 0 Å². The lowest BCUT2D eigenvalue weighted by Crippen LogP contribution is -2.17. The van der Waals surface area contributed by atoms with Crippen LogP contribution in [-0.2, 0) is 36.3 Å². The second-order valence-corrected chi connectivity index (χ2v) is 7.19. The highest BCUT2D eigenvalue weighted by Gasteiger charge is 2.32. The second kappa shape index (κ2) is 11.8. The van der Waals surface area contributed by atoms with Crippen LogP contribution in [0.4, 0.5) is 0 Å². The van der Waals surface area contributed by atoms with Gasteiger partial charge in [0.05, 0.1) is 25.9 Å². The van der Waals surface area contributed by atoms with Gasteiger partial charge < -0.3 is 0 Å². The molecule has 0 aliphatic carbocycles. The number of phosphoric acid groups is 2. The van der Waals surface area contributed by atoms with E-state index >= 15 is 0 Å². The first-order chi connectivity index (χ1) is 10.8. The summed E-state index contributed by atoms with van der Waals surface area (Å²) >= 11 is 0. The third-order valence-electron chi connectivity index (χ3n) is 1.96. The molecule has 132 valence electrons. The molecular formula is C13H22O8P2. The van der Waals surface area contributed by atoms with Crippen molar-refractivity contribution in [2.45, 2.75) is 26.9 Å². The van der Waals surface area contributed by atoms with Crippen molar-refractivity contribution in [3.63, 3.8) is 0 Å². The molecule has 0 N–H and O–H groups in total. The van der Waals surface area contributed by atoms with Crippen molar-refractivity contribution in [1.29, 1.82) is 0 Å². The molecule has 10 heteroatoms. The molecule has 8 nitrogen and oxygen atoms in total. The van der Waals surface area contributed by atoms with Gasteiger partial charge in [-0.3, -0.25) is 27.1 Å². The normalized spacial score (nSPS) is 17.4. The van der Waals surface area contributed by atoms with E-state index in [0.717, 1.165) is 0 Å². The first-order valence-electron chi connectivity index (χ1n) is 6.82. The lowest BCUT2D eigenvalue weighted by atomic mass is 10.5. The molecule has 3 atom stereocenters. The largest absolute Gasteiger partial charge is 0.476 e. The highest BCUT2D eigenvalue weighted by atomic mass is 31.2. The monoisotopic (exact) mass is 368 g/mol. The van der Waals surface area contributed by atoms with Crippen LogP contribution < -0.4 is 0 Å². The minimum Gasteiger partial charge on any atom is -0.287 e. The number of hydrogen-bond donors (Lipinski definition) is 0. The van der Waals surface area contributed by atoms with E-state index < -0.39 is 21.7 Å². The van der Waals surface area contributed by atoms with Crippen LogP contribution in [-0.4, -0.2) is 39.1 Å². The summed E-state index contributed by atoms with van der Waals surface area (Å²) in [5, 5.41) is 0. The van der Waals surface area contributed by atoms with Gasteiger partial charge in [0, 0.05) is 0 Å². The number of rotatable bonds is 13. The molecular weight excluding hydrogens is 346 g/mol. The van der Waals surface area contributed by atoms with E-state index in [1.807, 2.05) is 0 Å². The van der Waals surface area contributed by atoms with Gasteiger partial charge >= 0.3 is 15.6 Å². The van der Waals surface area contributed by atoms with E-state index in [9.17, 15) is 9.13 Å². The topological polar surface area (TPSA) is 89.5 Å². The Kier molecular flexibility index (Phi) is 11.5. The zero-order valence-electron chi connectivity index (χ0n) is 13.4. The minimum absolute atomic E-state index is 0.0954. The molecule has 3 unspecified atom stereocenters. The van der Waals surface area contributed by atoms with Crippen LogP contribution in [0.25, 0.3) is 0 Å². The summed E-state index contributed by atoms with van der Waals surface area (Å²) < 4.78 is 54.3. The van der Waals surface area contributed by atoms with Crippen molar-refractivity contribution in [2.75, 3.05) is 33.0 Å². The van der Waals surface area contributed by atoms with Crippen molar-refractivity contribution in [3.8, 4) is 24.7 Å². The van der Waals surface area contributed by atoms with Crippen molar-refractivity contribution < 1.29 is 36.3 Å². The average molecular weight is 368 g/mol. The summed E-state index contributed by atoms with van der Waals surface area (Å²) in [5.41, 5.74) is 0. The van der Waals surface area contributed by atoms with Crippen LogP contribution in [0.15, 0.2) is 0 Å². The summed E-state index contributed by atoms with van der Waals surface area (Å²) in [5.74, 6) is 4.32. The van der Waals surface area contributed by atoms with E-state index in [-0.39, 0.29) is 33.0 Å². The first-order valence-corrected chi connectivity index (χ1v) is 9.75. The minimum atomic E-state index is -3.84. The fraction of sp³-hybridized carbons (Fsp3) is 0.692. The van der Waals surface area contributed by atoms with Crippen LogP contribution in [0.2, 0.25) is 0 Å². The van der Waals surface area contributed by atoms with Crippen LogP contribution in [0.5, 0.6) is 0 Å². The summed E-state index contributed by atoms with van der Waals surface area (Å²) in [4.78, 5) is 0. The molecule has 0 aromatic heterocycles. The van der Waals surface area contributed by atoms with E-state index in [2.05, 4.69) is 11.8 Å². The molecule has 0 bridgehead atoms. The van der Waals surface area contributed by atoms with E-state index in [1.54, 1.807) is 13.8 Å². The molecule has 0 rings (SSSR count). The Balaban J connectivity index is 4.63. The van der Waals surface area contributed by atoms with E-state index in [1.165, 1.54) is 6.92 Å². The Morgan fingerprint density at radius 3 is 1.83 bits per heavy atom. The lowest BCUT2D eigenvalue weighted by Gasteiger charge is -2.22. The first kappa shape index (κ1) is 22.3. The molecule has 0 aromatic carbocycles. The van der Waals surface area contributed by atoms with Crippen molar-refractivity contribution in [3.05, 3.63) is 0 Å². The molecule has 0 aliphatic heterocycles. The van der Waals surface area contributed by atoms with Crippen molar-refractivity contribution in [1.82, 2.24) is 0 Å². The van der Waals surface area contributed by atoms with Crippen molar-refractivity contribution >= 4 is 15.6 Å². The molecule has 0 amide bonds. The Hall–Kier alpha value is -0.660. The van der Waals surface area contributed by atoms with Gasteiger partial charge in [0.2, 0.25) is 0 Å². The highest BCUT2D eigenvalue weighted by Crippen LogP contribution is 2.52. The van der Waals surface area contributed by atoms with Gasteiger partial charge in [-0.05, 0) is 20.8 Å².